The summed E-state index contributed by atoms with van der Waals surface area (Å²) in [6.07, 6.45) is 2.38. The zero-order valence-electron chi connectivity index (χ0n) is 21.2. The van der Waals surface area contributed by atoms with E-state index in [4.69, 9.17) is 65.6 Å². The second-order valence-corrected chi connectivity index (χ2v) is 12.4. The van der Waals surface area contributed by atoms with Crippen LogP contribution in [0.3, 0.4) is 0 Å². The molecule has 0 unspecified atom stereocenters. The van der Waals surface area contributed by atoms with E-state index in [2.05, 4.69) is 5.32 Å². The van der Waals surface area contributed by atoms with Gasteiger partial charge in [0.2, 0.25) is 10.0 Å². The first-order valence-corrected chi connectivity index (χ1v) is 14.1. The van der Waals surface area contributed by atoms with Crippen LogP contribution in [-0.4, -0.2) is 51.8 Å². The van der Waals surface area contributed by atoms with Gasteiger partial charge in [-0.3, -0.25) is 14.5 Å². The van der Waals surface area contributed by atoms with Crippen molar-refractivity contribution in [2.45, 2.75) is 16.4 Å². The Morgan fingerprint density at radius 1 is 1.12 bits per heavy atom. The number of hydrogen-bond acceptors (Lipinski definition) is 8. The minimum absolute atomic E-state index is 0.0410. The molecular formula is C27H23Cl3N2O6S2. The Hall–Kier alpha value is -2.89. The number of rotatable bonds is 10. The van der Waals surface area contributed by atoms with Crippen LogP contribution >= 0.6 is 58.8 Å². The Balaban J connectivity index is 1.39. The van der Waals surface area contributed by atoms with E-state index in [1.165, 1.54) is 24.1 Å². The fraction of sp³-hybridized carbons (Fsp3) is 0.222. The topological polar surface area (TPSA) is 90.2 Å². The molecule has 8 nitrogen and oxygen atoms in total. The standard InChI is InChI=1S/C27H23Cl3N2O6S2/c1-35-19-10-7-17(14-21(19)36-2)11-12-32-24(34)22(40-26(32)39)15-16-5-8-18(9-6-16)38-25(27(28,29)30)31-23(33)20-4-3-13-37-20/h3-10,13-15,25H,11-12H2,1-2H3,(H,31,33)/b22-15-/t25-/m1/s1. The lowest BCUT2D eigenvalue weighted by Gasteiger charge is -2.26. The van der Waals surface area contributed by atoms with Crippen molar-refractivity contribution in [1.29, 1.82) is 0 Å². The molecule has 2 heterocycles. The Morgan fingerprint density at radius 2 is 1.85 bits per heavy atom. The Labute approximate surface area is 255 Å². The highest BCUT2D eigenvalue weighted by atomic mass is 35.6. The van der Waals surface area contributed by atoms with Crippen LogP contribution in [0.15, 0.2) is 70.2 Å². The highest BCUT2D eigenvalue weighted by molar-refractivity contribution is 8.26. The molecule has 0 bridgehead atoms. The molecular weight excluding hydrogens is 619 g/mol. The number of thiocarbonyl (C=S) groups is 1. The number of benzene rings is 2. The van der Waals surface area contributed by atoms with Crippen molar-refractivity contribution in [2.75, 3.05) is 20.8 Å². The van der Waals surface area contributed by atoms with Crippen molar-refractivity contribution in [3.63, 3.8) is 0 Å². The number of halogens is 3. The first kappa shape index (κ1) is 30.1. The predicted octanol–water partition coefficient (Wildman–Crippen LogP) is 6.25. The molecule has 0 spiro atoms. The van der Waals surface area contributed by atoms with Gasteiger partial charge in [-0.1, -0.05) is 77.0 Å². The molecule has 0 radical (unpaired) electrons. The lowest BCUT2D eigenvalue weighted by atomic mass is 10.1. The summed E-state index contributed by atoms with van der Waals surface area (Å²) < 4.78 is 19.9. The van der Waals surface area contributed by atoms with Crippen molar-refractivity contribution in [3.05, 3.63) is 82.7 Å². The molecule has 1 aliphatic rings. The van der Waals surface area contributed by atoms with Gasteiger partial charge in [0.25, 0.3) is 11.8 Å². The van der Waals surface area contributed by atoms with Crippen LogP contribution in [0.1, 0.15) is 21.7 Å². The van der Waals surface area contributed by atoms with Gasteiger partial charge in [-0.25, -0.2) is 0 Å². The molecule has 2 aromatic carbocycles. The summed E-state index contributed by atoms with van der Waals surface area (Å²) in [4.78, 5) is 27.5. The van der Waals surface area contributed by atoms with Crippen LogP contribution in [-0.2, 0) is 11.2 Å². The van der Waals surface area contributed by atoms with Crippen molar-refractivity contribution in [1.82, 2.24) is 10.2 Å². The first-order chi connectivity index (χ1) is 19.1. The minimum Gasteiger partial charge on any atom is -0.493 e. The smallest absolute Gasteiger partial charge is 0.289 e. The van der Waals surface area contributed by atoms with Crippen LogP contribution < -0.4 is 19.5 Å². The molecule has 1 aliphatic heterocycles. The monoisotopic (exact) mass is 640 g/mol. The van der Waals surface area contributed by atoms with Gasteiger partial charge < -0.3 is 23.9 Å². The number of nitrogens with one attached hydrogen (secondary N) is 1. The van der Waals surface area contributed by atoms with Gasteiger partial charge in [-0.05, 0) is 60.0 Å². The van der Waals surface area contributed by atoms with E-state index >= 15 is 0 Å². The maximum absolute atomic E-state index is 13.1. The van der Waals surface area contributed by atoms with E-state index < -0.39 is 15.9 Å². The van der Waals surface area contributed by atoms with Gasteiger partial charge in [-0.15, -0.1) is 0 Å². The summed E-state index contributed by atoms with van der Waals surface area (Å²) in [6.45, 7) is 0.423. The number of amides is 2. The fourth-order valence-corrected chi connectivity index (χ4v) is 5.28. The van der Waals surface area contributed by atoms with Crippen molar-refractivity contribution < 1.29 is 28.2 Å². The number of carbonyl (C=O) groups excluding carboxylic acids is 2. The number of nitrogens with zero attached hydrogens (tertiary/aromatic N) is 1. The molecule has 210 valence electrons. The molecule has 40 heavy (non-hydrogen) atoms. The number of alkyl halides is 3. The summed E-state index contributed by atoms with van der Waals surface area (Å²) in [6, 6.07) is 15.4. The molecule has 0 aliphatic carbocycles. The minimum atomic E-state index is -1.97. The van der Waals surface area contributed by atoms with E-state index in [0.717, 1.165) is 11.1 Å². The highest BCUT2D eigenvalue weighted by Crippen LogP contribution is 2.35. The predicted molar refractivity (Wildman–Crippen MR) is 160 cm³/mol. The number of furan rings is 1. The van der Waals surface area contributed by atoms with Gasteiger partial charge >= 0.3 is 0 Å². The average molecular weight is 642 g/mol. The van der Waals surface area contributed by atoms with Crippen LogP contribution in [0, 0.1) is 0 Å². The van der Waals surface area contributed by atoms with Crippen LogP contribution in [0.2, 0.25) is 0 Å². The molecule has 3 aromatic rings. The molecule has 0 saturated carbocycles. The van der Waals surface area contributed by atoms with Crippen LogP contribution in [0.4, 0.5) is 0 Å². The summed E-state index contributed by atoms with van der Waals surface area (Å²) in [7, 11) is 3.15. The third kappa shape index (κ3) is 7.44. The van der Waals surface area contributed by atoms with Crippen LogP contribution in [0.5, 0.6) is 17.2 Å². The van der Waals surface area contributed by atoms with Crippen molar-refractivity contribution in [2.24, 2.45) is 0 Å². The normalized spacial score (nSPS) is 15.3. The largest absolute Gasteiger partial charge is 0.493 e. The second kappa shape index (κ2) is 13.2. The molecule has 13 heteroatoms. The Bertz CT molecular complexity index is 1410. The highest BCUT2D eigenvalue weighted by Gasteiger charge is 2.37. The van der Waals surface area contributed by atoms with E-state index in [0.29, 0.717) is 39.4 Å². The number of carbonyl (C=O) groups is 2. The SMILES string of the molecule is COc1ccc(CCN2C(=O)/C(=C/c3ccc(O[C@@H](NC(=O)c4ccco4)C(Cl)(Cl)Cl)cc3)SC2=S)cc1OC. The summed E-state index contributed by atoms with van der Waals surface area (Å²) in [5.41, 5.74) is 1.72. The summed E-state index contributed by atoms with van der Waals surface area (Å²) in [5.74, 6) is 0.851. The molecule has 1 saturated heterocycles. The zero-order valence-corrected chi connectivity index (χ0v) is 25.1. The number of thioether (sulfide) groups is 1. The fourth-order valence-electron chi connectivity index (χ4n) is 3.68. The third-order valence-corrected chi connectivity index (χ3v) is 7.65. The van der Waals surface area contributed by atoms with Crippen LogP contribution in [0.25, 0.3) is 6.08 Å². The van der Waals surface area contributed by atoms with Gasteiger partial charge in [0.1, 0.15) is 10.1 Å². The molecule has 2 amide bonds. The molecule has 1 fully saturated rings. The number of methoxy groups -OCH3 is 2. The first-order valence-electron chi connectivity index (χ1n) is 11.7. The lowest BCUT2D eigenvalue weighted by Crippen LogP contribution is -2.47. The van der Waals surface area contributed by atoms with E-state index in [-0.39, 0.29) is 11.7 Å². The second-order valence-electron chi connectivity index (χ2n) is 8.33. The lowest BCUT2D eigenvalue weighted by molar-refractivity contribution is -0.122. The maximum atomic E-state index is 13.1. The zero-order chi connectivity index (χ0) is 28.9. The van der Waals surface area contributed by atoms with Crippen molar-refractivity contribution >= 4 is 81.0 Å². The average Bonchev–Trinajstić information content (AvgIpc) is 3.56. The van der Waals surface area contributed by atoms with Crippen molar-refractivity contribution in [3.8, 4) is 17.2 Å². The van der Waals surface area contributed by atoms with Gasteiger partial charge in [0.15, 0.2) is 17.3 Å². The number of hydrogen-bond donors (Lipinski definition) is 1. The molecule has 1 atom stereocenters. The summed E-state index contributed by atoms with van der Waals surface area (Å²) in [5, 5.41) is 2.49. The summed E-state index contributed by atoms with van der Waals surface area (Å²) >= 11 is 24.8. The number of ether oxygens (including phenoxy) is 3. The molecule has 4 rings (SSSR count). The Morgan fingerprint density at radius 3 is 2.48 bits per heavy atom. The van der Waals surface area contributed by atoms with E-state index in [9.17, 15) is 9.59 Å². The van der Waals surface area contributed by atoms with E-state index in [1.807, 2.05) is 18.2 Å². The van der Waals surface area contributed by atoms with Gasteiger partial charge in [0.05, 0.1) is 25.4 Å². The van der Waals surface area contributed by atoms with E-state index in [1.54, 1.807) is 55.5 Å². The Kier molecular flexibility index (Phi) is 9.91. The third-order valence-electron chi connectivity index (χ3n) is 5.68. The van der Waals surface area contributed by atoms with Gasteiger partial charge in [0, 0.05) is 6.54 Å². The molecule has 1 N–H and O–H groups in total. The maximum Gasteiger partial charge on any atom is 0.289 e. The molecule has 1 aromatic heterocycles. The quantitative estimate of drug-likeness (QED) is 0.120. The van der Waals surface area contributed by atoms with Gasteiger partial charge in [-0.2, -0.15) is 0 Å².